The van der Waals surface area contributed by atoms with Crippen LogP contribution in [0.1, 0.15) is 6.42 Å². The highest BCUT2D eigenvalue weighted by Gasteiger charge is 2.17. The molecule has 2 rings (SSSR count). The fourth-order valence-corrected chi connectivity index (χ4v) is 2.62. The Morgan fingerprint density at radius 1 is 1.33 bits per heavy atom. The number of nitriles is 1. The number of carbonyl (C=O) groups excluding carboxylic acids is 1. The van der Waals surface area contributed by atoms with Crippen molar-refractivity contribution in [3.63, 3.8) is 0 Å². The molecule has 1 fully saturated rings. The topological polar surface area (TPSA) is 65.8 Å². The normalized spacial score (nSPS) is 14.8. The Labute approximate surface area is 147 Å². The first-order valence-electron chi connectivity index (χ1n) is 8.03. The molecule has 130 valence electrons. The van der Waals surface area contributed by atoms with Gasteiger partial charge in [-0.05, 0) is 12.1 Å². The SMILES string of the molecule is N#CCCN(CCN1CCOCC1)C(=O)COc1ccccc1Cl. The second-order valence-electron chi connectivity index (χ2n) is 5.46. The fourth-order valence-electron chi connectivity index (χ4n) is 2.43. The van der Waals surface area contributed by atoms with Crippen LogP contribution in [0.2, 0.25) is 5.02 Å². The number of para-hydroxylation sites is 1. The standard InChI is InChI=1S/C17H22ClN3O3/c18-15-4-1-2-5-16(15)24-14-17(22)21(7-3-6-19)9-8-20-10-12-23-13-11-20/h1-2,4-5H,3,7-14H2. The van der Waals surface area contributed by atoms with Crippen molar-refractivity contribution in [3.05, 3.63) is 29.3 Å². The summed E-state index contributed by atoms with van der Waals surface area (Å²) in [6.45, 7) is 4.86. The van der Waals surface area contributed by atoms with E-state index in [0.29, 0.717) is 30.3 Å². The number of amides is 1. The first-order chi connectivity index (χ1) is 11.7. The lowest BCUT2D eigenvalue weighted by Gasteiger charge is -2.29. The van der Waals surface area contributed by atoms with E-state index in [1.165, 1.54) is 0 Å². The van der Waals surface area contributed by atoms with Crippen LogP contribution >= 0.6 is 11.6 Å². The Balaban J connectivity index is 1.84. The zero-order valence-electron chi connectivity index (χ0n) is 13.6. The maximum Gasteiger partial charge on any atom is 0.260 e. The Hall–Kier alpha value is -1.81. The molecular formula is C17H22ClN3O3. The summed E-state index contributed by atoms with van der Waals surface area (Å²) in [4.78, 5) is 16.3. The number of morpholine rings is 1. The third-order valence-electron chi connectivity index (χ3n) is 3.82. The maximum absolute atomic E-state index is 12.4. The van der Waals surface area contributed by atoms with Crippen LogP contribution in [0.15, 0.2) is 24.3 Å². The van der Waals surface area contributed by atoms with Gasteiger partial charge in [0.1, 0.15) is 5.75 Å². The molecule has 1 saturated heterocycles. The monoisotopic (exact) mass is 351 g/mol. The molecule has 6 nitrogen and oxygen atoms in total. The molecule has 1 aliphatic rings. The average molecular weight is 352 g/mol. The molecule has 0 saturated carbocycles. The summed E-state index contributed by atoms with van der Waals surface area (Å²) >= 11 is 6.02. The van der Waals surface area contributed by atoms with Gasteiger partial charge in [-0.15, -0.1) is 0 Å². The van der Waals surface area contributed by atoms with Gasteiger partial charge in [0, 0.05) is 32.7 Å². The smallest absolute Gasteiger partial charge is 0.260 e. The van der Waals surface area contributed by atoms with Gasteiger partial charge in [0.2, 0.25) is 0 Å². The van der Waals surface area contributed by atoms with Crippen LogP contribution in [-0.2, 0) is 9.53 Å². The summed E-state index contributed by atoms with van der Waals surface area (Å²) in [5.41, 5.74) is 0. The number of benzene rings is 1. The zero-order chi connectivity index (χ0) is 17.2. The van der Waals surface area contributed by atoms with E-state index in [1.54, 1.807) is 29.2 Å². The van der Waals surface area contributed by atoms with Crippen molar-refractivity contribution < 1.29 is 14.3 Å². The highest BCUT2D eigenvalue weighted by Crippen LogP contribution is 2.22. The molecule has 1 heterocycles. The third-order valence-corrected chi connectivity index (χ3v) is 4.14. The molecule has 0 spiro atoms. The van der Waals surface area contributed by atoms with E-state index >= 15 is 0 Å². The van der Waals surface area contributed by atoms with Crippen molar-refractivity contribution in [2.75, 3.05) is 52.5 Å². The number of rotatable bonds is 8. The van der Waals surface area contributed by atoms with Crippen molar-refractivity contribution >= 4 is 17.5 Å². The number of halogens is 1. The molecule has 0 unspecified atom stereocenters. The molecule has 0 atom stereocenters. The molecule has 1 aromatic carbocycles. The van der Waals surface area contributed by atoms with Gasteiger partial charge in [0.15, 0.2) is 6.61 Å². The Bertz CT molecular complexity index is 570. The van der Waals surface area contributed by atoms with E-state index in [1.807, 2.05) is 0 Å². The van der Waals surface area contributed by atoms with Gasteiger partial charge in [-0.1, -0.05) is 23.7 Å². The Morgan fingerprint density at radius 3 is 2.79 bits per heavy atom. The summed E-state index contributed by atoms with van der Waals surface area (Å²) in [7, 11) is 0. The molecular weight excluding hydrogens is 330 g/mol. The molecule has 1 aromatic rings. The van der Waals surface area contributed by atoms with Gasteiger partial charge >= 0.3 is 0 Å². The molecule has 0 radical (unpaired) electrons. The molecule has 1 amide bonds. The van der Waals surface area contributed by atoms with Crippen LogP contribution < -0.4 is 4.74 Å². The van der Waals surface area contributed by atoms with Gasteiger partial charge in [0.25, 0.3) is 5.91 Å². The Morgan fingerprint density at radius 2 is 2.08 bits per heavy atom. The minimum Gasteiger partial charge on any atom is -0.482 e. The van der Waals surface area contributed by atoms with Crippen molar-refractivity contribution in [2.24, 2.45) is 0 Å². The van der Waals surface area contributed by atoms with Gasteiger partial charge in [-0.3, -0.25) is 9.69 Å². The number of ether oxygens (including phenoxy) is 2. The van der Waals surface area contributed by atoms with E-state index < -0.39 is 0 Å². The van der Waals surface area contributed by atoms with Crippen LogP contribution in [0.5, 0.6) is 5.75 Å². The molecule has 0 N–H and O–H groups in total. The first-order valence-corrected chi connectivity index (χ1v) is 8.40. The summed E-state index contributed by atoms with van der Waals surface area (Å²) in [6.07, 6.45) is 0.306. The van der Waals surface area contributed by atoms with Crippen LogP contribution in [0.25, 0.3) is 0 Å². The molecule has 0 bridgehead atoms. The Kier molecular flexibility index (Phi) is 7.83. The molecule has 1 aliphatic heterocycles. The maximum atomic E-state index is 12.4. The summed E-state index contributed by atoms with van der Waals surface area (Å²) in [5.74, 6) is 0.347. The van der Waals surface area contributed by atoms with E-state index in [2.05, 4.69) is 11.0 Å². The van der Waals surface area contributed by atoms with Crippen LogP contribution in [0, 0.1) is 11.3 Å². The van der Waals surface area contributed by atoms with Crippen LogP contribution in [-0.4, -0.2) is 68.3 Å². The fraction of sp³-hybridized carbons (Fsp3) is 0.529. The molecule has 7 heteroatoms. The minimum atomic E-state index is -0.140. The van der Waals surface area contributed by atoms with Crippen molar-refractivity contribution in [3.8, 4) is 11.8 Å². The highest BCUT2D eigenvalue weighted by atomic mass is 35.5. The number of carbonyl (C=O) groups is 1. The summed E-state index contributed by atoms with van der Waals surface area (Å²) in [6, 6.07) is 9.13. The second kappa shape index (κ2) is 10.1. The van der Waals surface area contributed by atoms with Gasteiger partial charge in [0.05, 0.1) is 30.7 Å². The van der Waals surface area contributed by atoms with E-state index in [-0.39, 0.29) is 12.5 Å². The quantitative estimate of drug-likeness (QED) is 0.714. The average Bonchev–Trinajstić information content (AvgIpc) is 2.62. The summed E-state index contributed by atoms with van der Waals surface area (Å²) in [5, 5.41) is 9.27. The molecule has 24 heavy (non-hydrogen) atoms. The summed E-state index contributed by atoms with van der Waals surface area (Å²) < 4.78 is 10.8. The van der Waals surface area contributed by atoms with Crippen molar-refractivity contribution in [1.29, 1.82) is 5.26 Å². The van der Waals surface area contributed by atoms with Crippen molar-refractivity contribution in [2.45, 2.75) is 6.42 Å². The number of hydrogen-bond acceptors (Lipinski definition) is 5. The van der Waals surface area contributed by atoms with Gasteiger partial charge < -0.3 is 14.4 Å². The van der Waals surface area contributed by atoms with E-state index in [0.717, 1.165) is 32.8 Å². The molecule has 0 aromatic heterocycles. The first kappa shape index (κ1) is 18.5. The molecule has 0 aliphatic carbocycles. The predicted molar refractivity (Wildman–Crippen MR) is 91.0 cm³/mol. The van der Waals surface area contributed by atoms with Gasteiger partial charge in [-0.25, -0.2) is 0 Å². The second-order valence-corrected chi connectivity index (χ2v) is 5.87. The largest absolute Gasteiger partial charge is 0.482 e. The van der Waals surface area contributed by atoms with Crippen LogP contribution in [0.3, 0.4) is 0 Å². The minimum absolute atomic E-state index is 0.0850. The lowest BCUT2D eigenvalue weighted by atomic mass is 10.3. The van der Waals surface area contributed by atoms with E-state index in [9.17, 15) is 4.79 Å². The predicted octanol–water partition coefficient (Wildman–Crippen LogP) is 1.79. The van der Waals surface area contributed by atoms with Crippen LogP contribution in [0.4, 0.5) is 0 Å². The van der Waals surface area contributed by atoms with E-state index in [4.69, 9.17) is 26.3 Å². The number of nitrogens with zero attached hydrogens (tertiary/aromatic N) is 3. The van der Waals surface area contributed by atoms with Gasteiger partial charge in [-0.2, -0.15) is 5.26 Å². The highest BCUT2D eigenvalue weighted by molar-refractivity contribution is 6.32. The van der Waals surface area contributed by atoms with Crippen molar-refractivity contribution in [1.82, 2.24) is 9.80 Å². The number of hydrogen-bond donors (Lipinski definition) is 0. The zero-order valence-corrected chi connectivity index (χ0v) is 14.4. The lowest BCUT2D eigenvalue weighted by Crippen LogP contribution is -2.44. The lowest BCUT2D eigenvalue weighted by molar-refractivity contribution is -0.133. The third kappa shape index (κ3) is 6.00.